The third-order valence-electron chi connectivity index (χ3n) is 4.70. The van der Waals surface area contributed by atoms with E-state index in [4.69, 9.17) is 4.74 Å². The molecule has 1 aromatic heterocycles. The monoisotopic (exact) mass is 362 g/mol. The van der Waals surface area contributed by atoms with Crippen molar-refractivity contribution in [1.29, 1.82) is 0 Å². The fourth-order valence-electron chi connectivity index (χ4n) is 3.51. The summed E-state index contributed by atoms with van der Waals surface area (Å²) in [7, 11) is 3.59. The number of carbonyl (C=O) groups is 1. The first-order valence-electron chi connectivity index (χ1n) is 8.68. The second-order valence-corrected chi connectivity index (χ2v) is 8.01. The van der Waals surface area contributed by atoms with Crippen LogP contribution in [0, 0.1) is 0 Å². The van der Waals surface area contributed by atoms with E-state index in [1.54, 1.807) is 23.3 Å². The highest BCUT2D eigenvalue weighted by molar-refractivity contribution is 7.19. The van der Waals surface area contributed by atoms with Crippen LogP contribution in [0.15, 0.2) is 30.3 Å². The molecule has 0 radical (unpaired) electrons. The van der Waals surface area contributed by atoms with Gasteiger partial charge in [-0.05, 0) is 37.4 Å². The normalized spacial score (nSPS) is 21.4. The van der Waals surface area contributed by atoms with Crippen molar-refractivity contribution >= 4 is 27.3 Å². The predicted octanol–water partition coefficient (Wildman–Crippen LogP) is 2.33. The second-order valence-electron chi connectivity index (χ2n) is 6.84. The number of ether oxygens (including phenoxy) is 1. The van der Waals surface area contributed by atoms with E-state index in [1.165, 1.54) is 15.0 Å². The van der Waals surface area contributed by atoms with Gasteiger partial charge in [0.25, 0.3) is 5.91 Å². The molecule has 0 saturated carbocycles. The Morgan fingerprint density at radius 1 is 1.40 bits per heavy atom. The first-order valence-corrected chi connectivity index (χ1v) is 9.50. The minimum atomic E-state index is -1.29. The minimum Gasteiger partial charge on any atom is -0.383 e. The maximum atomic E-state index is 12.7. The Bertz CT molecular complexity index is 699. The van der Waals surface area contributed by atoms with Crippen LogP contribution >= 0.6 is 11.3 Å². The smallest absolute Gasteiger partial charge is 0.255 e. The summed E-state index contributed by atoms with van der Waals surface area (Å²) in [6.45, 7) is 2.82. The molecule has 25 heavy (non-hydrogen) atoms. The number of hydrogen-bond acceptors (Lipinski definition) is 5. The average molecular weight is 362 g/mol. The lowest BCUT2D eigenvalue weighted by Gasteiger charge is -2.40. The van der Waals surface area contributed by atoms with Gasteiger partial charge < -0.3 is 14.7 Å². The van der Waals surface area contributed by atoms with Gasteiger partial charge >= 0.3 is 0 Å². The quantitative estimate of drug-likeness (QED) is 0.821. The van der Waals surface area contributed by atoms with E-state index in [0.29, 0.717) is 32.7 Å². The molecule has 0 spiro atoms. The number of likely N-dealkylation sites (N-methyl/N-ethyl adjacent to an activating group) is 1. The van der Waals surface area contributed by atoms with Crippen LogP contribution in [0.3, 0.4) is 0 Å². The van der Waals surface area contributed by atoms with Crippen LogP contribution in [0.25, 0.3) is 10.1 Å². The van der Waals surface area contributed by atoms with Crippen LogP contribution in [0.2, 0.25) is 0 Å². The van der Waals surface area contributed by atoms with Gasteiger partial charge in [-0.3, -0.25) is 9.69 Å². The number of amides is 1. The molecule has 1 saturated heterocycles. The number of nitrogens with zero attached hydrogens (tertiary/aromatic N) is 2. The van der Waals surface area contributed by atoms with E-state index in [2.05, 4.69) is 18.2 Å². The third kappa shape index (κ3) is 4.20. The molecule has 2 aromatic rings. The fraction of sp³-hybridized carbons (Fsp3) is 0.526. The highest BCUT2D eigenvalue weighted by atomic mass is 32.1. The molecule has 5 nitrogen and oxygen atoms in total. The molecule has 1 N–H and O–H groups in total. The van der Waals surface area contributed by atoms with Crippen LogP contribution in [-0.4, -0.2) is 66.8 Å². The second kappa shape index (κ2) is 7.83. The molecule has 136 valence electrons. The lowest BCUT2D eigenvalue weighted by molar-refractivity contribution is -0.159. The zero-order chi connectivity index (χ0) is 17.9. The van der Waals surface area contributed by atoms with E-state index >= 15 is 0 Å². The molecule has 0 bridgehead atoms. The van der Waals surface area contributed by atoms with Crippen molar-refractivity contribution in [2.75, 3.05) is 40.4 Å². The number of piperidine rings is 1. The Balaban J connectivity index is 1.64. The van der Waals surface area contributed by atoms with E-state index in [9.17, 15) is 9.90 Å². The zero-order valence-electron chi connectivity index (χ0n) is 14.9. The predicted molar refractivity (Wildman–Crippen MR) is 101 cm³/mol. The number of thiophene rings is 1. The largest absolute Gasteiger partial charge is 0.383 e. The summed E-state index contributed by atoms with van der Waals surface area (Å²) in [4.78, 5) is 17.7. The summed E-state index contributed by atoms with van der Waals surface area (Å²) in [5.74, 6) is -0.168. The number of carbonyl (C=O) groups excluding carboxylic acids is 1. The van der Waals surface area contributed by atoms with Crippen molar-refractivity contribution in [1.82, 2.24) is 9.80 Å². The molecule has 6 heteroatoms. The summed E-state index contributed by atoms with van der Waals surface area (Å²) in [5, 5.41) is 12.2. The Morgan fingerprint density at radius 2 is 2.20 bits per heavy atom. The number of rotatable bonds is 7. The van der Waals surface area contributed by atoms with Gasteiger partial charge in [0.15, 0.2) is 5.60 Å². The molecule has 0 aliphatic carbocycles. The molecule has 3 rings (SSSR count). The fourth-order valence-corrected chi connectivity index (χ4v) is 4.65. The maximum absolute atomic E-state index is 12.7. The number of benzene rings is 1. The highest BCUT2D eigenvalue weighted by Gasteiger charge is 2.42. The standard InChI is InChI=1S/C19H26N2O3S/c1-20(13-16-12-15-6-3-4-7-17(15)25-16)14-19(23)8-5-9-21(18(19)22)10-11-24-2/h3-4,6-7,12,23H,5,8-11,13-14H2,1-2H3/t19-/m1/s1. The Hall–Kier alpha value is -1.47. The Labute approximate surface area is 152 Å². The molecule has 1 aliphatic heterocycles. The van der Waals surface area contributed by atoms with Crippen molar-refractivity contribution in [2.45, 2.75) is 25.0 Å². The van der Waals surface area contributed by atoms with E-state index in [-0.39, 0.29) is 5.91 Å². The first kappa shape index (κ1) is 18.3. The van der Waals surface area contributed by atoms with Gasteiger partial charge in [-0.15, -0.1) is 11.3 Å². The van der Waals surface area contributed by atoms with Gasteiger partial charge in [-0.25, -0.2) is 0 Å². The molecule has 1 amide bonds. The molecular formula is C19H26N2O3S. The van der Waals surface area contributed by atoms with Gasteiger partial charge in [0.2, 0.25) is 0 Å². The number of methoxy groups -OCH3 is 1. The number of fused-ring (bicyclic) bond motifs is 1. The number of likely N-dealkylation sites (tertiary alicyclic amines) is 1. The van der Waals surface area contributed by atoms with Crippen molar-refractivity contribution in [3.63, 3.8) is 0 Å². The zero-order valence-corrected chi connectivity index (χ0v) is 15.7. The SMILES string of the molecule is COCCN1CCC[C@@](O)(CN(C)Cc2cc3ccccc3s2)C1=O. The molecular weight excluding hydrogens is 336 g/mol. The maximum Gasteiger partial charge on any atom is 0.255 e. The Kier molecular flexibility index (Phi) is 5.74. The van der Waals surface area contributed by atoms with Crippen LogP contribution in [-0.2, 0) is 16.1 Å². The van der Waals surface area contributed by atoms with Crippen LogP contribution < -0.4 is 0 Å². The molecule has 1 aliphatic rings. The van der Waals surface area contributed by atoms with Crippen LogP contribution in [0.1, 0.15) is 17.7 Å². The van der Waals surface area contributed by atoms with Gasteiger partial charge in [0.1, 0.15) is 0 Å². The van der Waals surface area contributed by atoms with Gasteiger partial charge in [0.05, 0.1) is 6.61 Å². The number of hydrogen-bond donors (Lipinski definition) is 1. The summed E-state index contributed by atoms with van der Waals surface area (Å²) < 4.78 is 6.33. The molecule has 1 aromatic carbocycles. The third-order valence-corrected chi connectivity index (χ3v) is 5.80. The minimum absolute atomic E-state index is 0.168. The van der Waals surface area contributed by atoms with E-state index in [0.717, 1.165) is 13.0 Å². The van der Waals surface area contributed by atoms with E-state index < -0.39 is 5.60 Å². The highest BCUT2D eigenvalue weighted by Crippen LogP contribution is 2.28. The molecule has 1 fully saturated rings. The lowest BCUT2D eigenvalue weighted by atomic mass is 9.91. The van der Waals surface area contributed by atoms with Crippen molar-refractivity contribution in [3.8, 4) is 0 Å². The Morgan fingerprint density at radius 3 is 2.96 bits per heavy atom. The summed E-state index contributed by atoms with van der Waals surface area (Å²) in [6, 6.07) is 10.5. The lowest BCUT2D eigenvalue weighted by Crippen LogP contribution is -2.58. The van der Waals surface area contributed by atoms with Crippen molar-refractivity contribution in [3.05, 3.63) is 35.2 Å². The molecule has 1 atom stereocenters. The summed E-state index contributed by atoms with van der Waals surface area (Å²) >= 11 is 1.76. The van der Waals surface area contributed by atoms with E-state index in [1.807, 2.05) is 24.1 Å². The average Bonchev–Trinajstić information content (AvgIpc) is 2.98. The van der Waals surface area contributed by atoms with Crippen molar-refractivity contribution in [2.24, 2.45) is 0 Å². The number of aliphatic hydroxyl groups is 1. The summed E-state index contributed by atoms with van der Waals surface area (Å²) in [5.41, 5.74) is -1.29. The summed E-state index contributed by atoms with van der Waals surface area (Å²) in [6.07, 6.45) is 1.34. The van der Waals surface area contributed by atoms with Crippen molar-refractivity contribution < 1.29 is 14.6 Å². The van der Waals surface area contributed by atoms with Gasteiger partial charge in [0, 0.05) is 42.9 Å². The van der Waals surface area contributed by atoms with Crippen LogP contribution in [0.5, 0.6) is 0 Å². The molecule has 2 heterocycles. The van der Waals surface area contributed by atoms with Gasteiger partial charge in [-0.2, -0.15) is 0 Å². The topological polar surface area (TPSA) is 53.0 Å². The molecule has 0 unspecified atom stereocenters. The van der Waals surface area contributed by atoms with Gasteiger partial charge in [-0.1, -0.05) is 18.2 Å². The van der Waals surface area contributed by atoms with Crippen LogP contribution in [0.4, 0.5) is 0 Å². The first-order chi connectivity index (χ1) is 12.0.